The Bertz CT molecular complexity index is 1910. The van der Waals surface area contributed by atoms with E-state index in [2.05, 4.69) is 41.5 Å². The molecule has 0 bridgehead atoms. The van der Waals surface area contributed by atoms with Crippen LogP contribution in [0, 0.1) is 11.8 Å². The molecule has 0 fully saturated rings. The Balaban J connectivity index is 5.26. The van der Waals surface area contributed by atoms with Crippen LogP contribution in [0.2, 0.25) is 0 Å². The zero-order valence-electron chi connectivity index (χ0n) is 64.8. The van der Waals surface area contributed by atoms with Gasteiger partial charge in [-0.15, -0.1) is 0 Å². The van der Waals surface area contributed by atoms with Crippen LogP contribution in [0.5, 0.6) is 0 Å². The summed E-state index contributed by atoms with van der Waals surface area (Å²) in [6.45, 7) is 9.64. The molecule has 0 radical (unpaired) electrons. The van der Waals surface area contributed by atoms with Crippen molar-refractivity contribution in [1.82, 2.24) is 0 Å². The highest BCUT2D eigenvalue weighted by atomic mass is 31.2. The third-order valence-electron chi connectivity index (χ3n) is 19.1. The summed E-state index contributed by atoms with van der Waals surface area (Å²) in [5.41, 5.74) is 0. The number of rotatable bonds is 79. The molecule has 19 heteroatoms. The summed E-state index contributed by atoms with van der Waals surface area (Å²) in [5.74, 6) is -0.555. The van der Waals surface area contributed by atoms with Crippen LogP contribution < -0.4 is 0 Å². The number of hydrogen-bond donors (Lipinski definition) is 3. The fourth-order valence-electron chi connectivity index (χ4n) is 12.3. The molecule has 17 nitrogen and oxygen atoms in total. The van der Waals surface area contributed by atoms with Crippen molar-refractivity contribution in [1.29, 1.82) is 0 Å². The van der Waals surface area contributed by atoms with Crippen LogP contribution in [-0.4, -0.2) is 96.7 Å². The van der Waals surface area contributed by atoms with Crippen molar-refractivity contribution in [3.8, 4) is 0 Å². The van der Waals surface area contributed by atoms with E-state index in [1.165, 1.54) is 238 Å². The number of esters is 4. The SMILES string of the molecule is CCCCCCCCCCCCCCCCCCCCCC(=O)O[C@H](COC(=O)CCCCCCCCCCCCC(C)CC)COP(=O)(O)OC[C@@H](O)COP(=O)(O)OC[C@@H](COC(=O)CCCCCCCCCCCC(C)C)OC(=O)CCCCCCCCCCCCCCCC. The number of hydrogen-bond acceptors (Lipinski definition) is 15. The lowest BCUT2D eigenvalue weighted by molar-refractivity contribution is -0.161. The van der Waals surface area contributed by atoms with Crippen molar-refractivity contribution in [2.75, 3.05) is 39.6 Å². The van der Waals surface area contributed by atoms with Crippen LogP contribution in [0.25, 0.3) is 0 Å². The Labute approximate surface area is 607 Å². The third kappa shape index (κ3) is 72.8. The normalized spacial score (nSPS) is 14.2. The van der Waals surface area contributed by atoms with Gasteiger partial charge in [-0.25, -0.2) is 9.13 Å². The molecule has 0 aliphatic heterocycles. The zero-order valence-corrected chi connectivity index (χ0v) is 66.6. The number of carbonyl (C=O) groups excluding carboxylic acids is 4. The fraction of sp³-hybridized carbons (Fsp3) is 0.950. The van der Waals surface area contributed by atoms with E-state index in [9.17, 15) is 43.2 Å². The predicted molar refractivity (Wildman–Crippen MR) is 405 cm³/mol. The van der Waals surface area contributed by atoms with Crippen LogP contribution in [0.3, 0.4) is 0 Å². The second-order valence-corrected chi connectivity index (χ2v) is 32.4. The van der Waals surface area contributed by atoms with Crippen LogP contribution in [0.4, 0.5) is 0 Å². The van der Waals surface area contributed by atoms with E-state index in [4.69, 9.17) is 37.0 Å². The van der Waals surface area contributed by atoms with Gasteiger partial charge in [0, 0.05) is 25.7 Å². The van der Waals surface area contributed by atoms with Gasteiger partial charge in [-0.1, -0.05) is 369 Å². The maximum absolute atomic E-state index is 13.1. The molecular weight excluding hydrogens is 1290 g/mol. The summed E-state index contributed by atoms with van der Waals surface area (Å²) in [6.07, 6.45) is 60.9. The summed E-state index contributed by atoms with van der Waals surface area (Å²) < 4.78 is 68.7. The zero-order chi connectivity index (χ0) is 72.8. The number of ether oxygens (including phenoxy) is 4. The molecule has 6 atom stereocenters. The Morgan fingerprint density at radius 3 is 0.768 bits per heavy atom. The largest absolute Gasteiger partial charge is 0.472 e. The molecule has 99 heavy (non-hydrogen) atoms. The van der Waals surface area contributed by atoms with Gasteiger partial charge in [0.1, 0.15) is 19.3 Å². The van der Waals surface area contributed by atoms with E-state index in [0.717, 1.165) is 102 Å². The lowest BCUT2D eigenvalue weighted by Crippen LogP contribution is -2.30. The van der Waals surface area contributed by atoms with Crippen LogP contribution in [0.15, 0.2) is 0 Å². The van der Waals surface area contributed by atoms with E-state index in [1.54, 1.807) is 0 Å². The average molecular weight is 1450 g/mol. The van der Waals surface area contributed by atoms with Gasteiger partial charge in [-0.2, -0.15) is 0 Å². The predicted octanol–water partition coefficient (Wildman–Crippen LogP) is 23.9. The first kappa shape index (κ1) is 97.1. The molecule has 0 saturated carbocycles. The van der Waals surface area contributed by atoms with E-state index in [-0.39, 0.29) is 25.7 Å². The molecule has 0 amide bonds. The molecule has 3 unspecified atom stereocenters. The number of aliphatic hydroxyl groups excluding tert-OH is 1. The lowest BCUT2D eigenvalue weighted by Gasteiger charge is -2.21. The molecule has 0 rings (SSSR count). The molecule has 0 aliphatic carbocycles. The van der Waals surface area contributed by atoms with E-state index in [0.29, 0.717) is 25.7 Å². The Hall–Kier alpha value is -1.94. The monoisotopic (exact) mass is 1450 g/mol. The lowest BCUT2D eigenvalue weighted by atomic mass is 9.99. The maximum atomic E-state index is 13.1. The minimum atomic E-state index is -4.96. The molecule has 0 spiro atoms. The Morgan fingerprint density at radius 1 is 0.293 bits per heavy atom. The minimum Gasteiger partial charge on any atom is -0.462 e. The highest BCUT2D eigenvalue weighted by Gasteiger charge is 2.30. The van der Waals surface area contributed by atoms with Gasteiger partial charge < -0.3 is 33.8 Å². The van der Waals surface area contributed by atoms with Crippen LogP contribution in [0.1, 0.15) is 420 Å². The highest BCUT2D eigenvalue weighted by Crippen LogP contribution is 2.45. The Kier molecular flexibility index (Phi) is 70.3. The second kappa shape index (κ2) is 71.7. The van der Waals surface area contributed by atoms with E-state index < -0.39 is 97.5 Å². The second-order valence-electron chi connectivity index (χ2n) is 29.5. The van der Waals surface area contributed by atoms with Gasteiger partial charge >= 0.3 is 39.5 Å². The number of aliphatic hydroxyl groups is 1. The summed E-state index contributed by atoms with van der Waals surface area (Å²) in [6, 6.07) is 0. The maximum Gasteiger partial charge on any atom is 0.472 e. The molecule has 0 aromatic rings. The summed E-state index contributed by atoms with van der Waals surface area (Å²) in [4.78, 5) is 73.0. The molecule has 0 saturated heterocycles. The minimum absolute atomic E-state index is 0.108. The van der Waals surface area contributed by atoms with Crippen molar-refractivity contribution in [3.63, 3.8) is 0 Å². The number of phosphoric acid groups is 2. The summed E-state index contributed by atoms with van der Waals surface area (Å²) in [7, 11) is -9.92. The molecule has 0 heterocycles. The summed E-state index contributed by atoms with van der Waals surface area (Å²) >= 11 is 0. The van der Waals surface area contributed by atoms with Gasteiger partial charge in [0.25, 0.3) is 0 Å². The molecule has 0 aromatic carbocycles. The van der Waals surface area contributed by atoms with Gasteiger partial charge in [-0.3, -0.25) is 37.3 Å². The first-order chi connectivity index (χ1) is 47.9. The molecule has 0 aromatic heterocycles. The first-order valence-electron chi connectivity index (χ1n) is 41.5. The van der Waals surface area contributed by atoms with Gasteiger partial charge in [0.05, 0.1) is 26.4 Å². The topological polar surface area (TPSA) is 237 Å². The van der Waals surface area contributed by atoms with E-state index in [1.807, 2.05) is 0 Å². The standard InChI is InChI=1S/C80H156O17P2/c1-7-10-12-14-16-18-20-22-24-25-26-27-28-30-32-40-47-53-59-65-80(85)96-75(68-90-77(82)62-56-50-44-38-34-33-37-43-49-55-61-73(6)9-3)70-94-98(86,87)92-66-74(81)67-93-99(88,89)95-71-76(69-91-78(83)63-57-51-45-41-35-36-42-48-54-60-72(4)5)97-79(84)64-58-52-46-39-31-29-23-21-19-17-15-13-11-8-2/h72-76,81H,7-71H2,1-6H3,(H,86,87)(H,88,89)/t73?,74-,75-,76-/m1/s1. The number of unbranched alkanes of at least 4 members (excludes halogenated alkanes) is 48. The number of phosphoric ester groups is 2. The van der Waals surface area contributed by atoms with Crippen LogP contribution >= 0.6 is 15.6 Å². The van der Waals surface area contributed by atoms with Crippen molar-refractivity contribution in [3.05, 3.63) is 0 Å². The van der Waals surface area contributed by atoms with Gasteiger partial charge in [0.2, 0.25) is 0 Å². The van der Waals surface area contributed by atoms with Crippen LogP contribution in [-0.2, 0) is 65.4 Å². The fourth-order valence-corrected chi connectivity index (χ4v) is 13.9. The molecule has 0 aliphatic rings. The van der Waals surface area contributed by atoms with E-state index >= 15 is 0 Å². The Morgan fingerprint density at radius 2 is 0.515 bits per heavy atom. The third-order valence-corrected chi connectivity index (χ3v) is 21.0. The average Bonchev–Trinajstić information content (AvgIpc) is 1.00. The highest BCUT2D eigenvalue weighted by molar-refractivity contribution is 7.47. The molecule has 3 N–H and O–H groups in total. The van der Waals surface area contributed by atoms with Gasteiger partial charge in [0.15, 0.2) is 12.2 Å². The smallest absolute Gasteiger partial charge is 0.462 e. The molecule has 588 valence electrons. The quantitative estimate of drug-likeness (QED) is 0.0222. The first-order valence-corrected chi connectivity index (χ1v) is 44.5. The van der Waals surface area contributed by atoms with Crippen molar-refractivity contribution < 1.29 is 80.2 Å². The number of carbonyl (C=O) groups is 4. The van der Waals surface area contributed by atoms with Crippen molar-refractivity contribution in [2.24, 2.45) is 11.8 Å². The van der Waals surface area contributed by atoms with Gasteiger partial charge in [-0.05, 0) is 37.5 Å². The summed E-state index contributed by atoms with van der Waals surface area (Å²) in [5, 5.41) is 10.6. The van der Waals surface area contributed by atoms with Crippen molar-refractivity contribution in [2.45, 2.75) is 439 Å². The molecular formula is C80H156O17P2. The van der Waals surface area contributed by atoms with Crippen molar-refractivity contribution >= 4 is 39.5 Å².